The number of halogens is 1. The summed E-state index contributed by atoms with van der Waals surface area (Å²) in [5, 5.41) is 4.56. The molecule has 0 saturated carbocycles. The zero-order valence-corrected chi connectivity index (χ0v) is 20.2. The van der Waals surface area contributed by atoms with E-state index in [9.17, 15) is 13.2 Å². The van der Waals surface area contributed by atoms with Gasteiger partial charge in [-0.3, -0.25) is 9.10 Å². The number of ether oxygens (including phenoxy) is 2. The van der Waals surface area contributed by atoms with Gasteiger partial charge < -0.3 is 9.47 Å². The minimum atomic E-state index is -3.68. The molecule has 3 aromatic carbocycles. The first-order valence-electron chi connectivity index (χ1n) is 10.2. The summed E-state index contributed by atoms with van der Waals surface area (Å²) in [5.74, 6) is 0.663. The molecule has 1 N–H and O–H groups in total. The van der Waals surface area contributed by atoms with Crippen molar-refractivity contribution in [3.63, 3.8) is 0 Å². The van der Waals surface area contributed by atoms with Gasteiger partial charge in [-0.25, -0.2) is 13.8 Å². The molecule has 0 saturated heterocycles. The van der Waals surface area contributed by atoms with Crippen LogP contribution in [0, 0.1) is 0 Å². The zero-order chi connectivity index (χ0) is 24.6. The quantitative estimate of drug-likeness (QED) is 0.336. The van der Waals surface area contributed by atoms with Gasteiger partial charge in [0.15, 0.2) is 0 Å². The third kappa shape index (κ3) is 7.50. The van der Waals surface area contributed by atoms with Gasteiger partial charge in [-0.1, -0.05) is 23.7 Å². The van der Waals surface area contributed by atoms with E-state index >= 15 is 0 Å². The maximum absolute atomic E-state index is 12.3. The number of hydrogen-bond donors (Lipinski definition) is 1. The smallest absolute Gasteiger partial charge is 0.260 e. The van der Waals surface area contributed by atoms with Crippen LogP contribution in [0.25, 0.3) is 0 Å². The maximum Gasteiger partial charge on any atom is 0.260 e. The van der Waals surface area contributed by atoms with Crippen molar-refractivity contribution in [2.75, 3.05) is 24.2 Å². The van der Waals surface area contributed by atoms with Crippen molar-refractivity contribution in [1.82, 2.24) is 5.43 Å². The first-order chi connectivity index (χ1) is 16.2. The molecular formula is C24H24ClN3O5S. The number of rotatable bonds is 10. The Balaban J connectivity index is 1.54. The molecule has 0 bridgehead atoms. The number of hydrazone groups is 1. The summed E-state index contributed by atoms with van der Waals surface area (Å²) in [6.07, 6.45) is 2.49. The van der Waals surface area contributed by atoms with Crippen LogP contribution >= 0.6 is 11.6 Å². The van der Waals surface area contributed by atoms with Gasteiger partial charge in [-0.05, 0) is 71.8 Å². The molecule has 0 aliphatic heterocycles. The lowest BCUT2D eigenvalue weighted by Crippen LogP contribution is -2.39. The van der Waals surface area contributed by atoms with E-state index in [1.54, 1.807) is 54.6 Å². The molecule has 0 fully saturated rings. The van der Waals surface area contributed by atoms with Crippen LogP contribution in [-0.4, -0.2) is 40.4 Å². The van der Waals surface area contributed by atoms with Gasteiger partial charge in [0.25, 0.3) is 5.91 Å². The number of benzene rings is 3. The Morgan fingerprint density at radius 1 is 1.06 bits per heavy atom. The molecule has 8 nitrogen and oxygen atoms in total. The van der Waals surface area contributed by atoms with Crippen LogP contribution in [0.5, 0.6) is 11.5 Å². The van der Waals surface area contributed by atoms with Crippen LogP contribution in [0.4, 0.5) is 5.69 Å². The summed E-state index contributed by atoms with van der Waals surface area (Å²) in [4.78, 5) is 12.3. The van der Waals surface area contributed by atoms with Crippen molar-refractivity contribution in [3.05, 3.63) is 88.9 Å². The predicted molar refractivity (Wildman–Crippen MR) is 133 cm³/mol. The molecule has 3 rings (SSSR count). The first kappa shape index (κ1) is 25.1. The highest BCUT2D eigenvalue weighted by Gasteiger charge is 2.20. The Bertz CT molecular complexity index is 1250. The van der Waals surface area contributed by atoms with Crippen molar-refractivity contribution in [2.24, 2.45) is 5.10 Å². The van der Waals surface area contributed by atoms with Gasteiger partial charge in [0.05, 0.1) is 25.3 Å². The van der Waals surface area contributed by atoms with Crippen LogP contribution < -0.4 is 19.2 Å². The first-order valence-corrected chi connectivity index (χ1v) is 12.4. The molecular weight excluding hydrogens is 478 g/mol. The molecule has 10 heteroatoms. The lowest BCUT2D eigenvalue weighted by molar-refractivity contribution is -0.119. The van der Waals surface area contributed by atoms with Crippen LogP contribution in [0.1, 0.15) is 11.1 Å². The van der Waals surface area contributed by atoms with Gasteiger partial charge in [0.2, 0.25) is 10.0 Å². The number of nitrogens with zero attached hydrogens (tertiary/aromatic N) is 2. The second-order valence-corrected chi connectivity index (χ2v) is 9.59. The largest absolute Gasteiger partial charge is 0.497 e. The van der Waals surface area contributed by atoms with E-state index in [4.69, 9.17) is 21.1 Å². The van der Waals surface area contributed by atoms with Crippen molar-refractivity contribution >= 4 is 39.4 Å². The summed E-state index contributed by atoms with van der Waals surface area (Å²) in [7, 11) is -2.17. The van der Waals surface area contributed by atoms with Crippen molar-refractivity contribution < 1.29 is 22.7 Å². The normalized spacial score (nSPS) is 11.3. The molecule has 0 spiro atoms. The maximum atomic E-state index is 12.3. The highest BCUT2D eigenvalue weighted by atomic mass is 35.5. The molecule has 1 amide bonds. The van der Waals surface area contributed by atoms with Crippen molar-refractivity contribution in [1.29, 1.82) is 0 Å². The number of amides is 1. The van der Waals surface area contributed by atoms with E-state index in [0.717, 1.165) is 21.7 Å². The van der Waals surface area contributed by atoms with E-state index in [0.29, 0.717) is 28.8 Å². The molecule has 0 unspecified atom stereocenters. The SMILES string of the molecule is COc1ccc(N(CC(=O)N/N=C\c2ccc(OCc3cccc(Cl)c3)cc2)S(C)(=O)=O)cc1. The molecule has 0 radical (unpaired) electrons. The number of hydrogen-bond acceptors (Lipinski definition) is 6. The number of carbonyl (C=O) groups excluding carboxylic acids is 1. The summed E-state index contributed by atoms with van der Waals surface area (Å²) in [6, 6.07) is 20.9. The second-order valence-electron chi connectivity index (χ2n) is 7.25. The van der Waals surface area contributed by atoms with E-state index in [2.05, 4.69) is 10.5 Å². The molecule has 34 heavy (non-hydrogen) atoms. The summed E-state index contributed by atoms with van der Waals surface area (Å²) in [6.45, 7) is -0.0339. The van der Waals surface area contributed by atoms with E-state index < -0.39 is 22.5 Å². The summed E-state index contributed by atoms with van der Waals surface area (Å²) < 4.78 is 36.1. The Kier molecular flexibility index (Phi) is 8.50. The summed E-state index contributed by atoms with van der Waals surface area (Å²) >= 11 is 5.97. The van der Waals surface area contributed by atoms with Gasteiger partial charge >= 0.3 is 0 Å². The number of carbonyl (C=O) groups is 1. The van der Waals surface area contributed by atoms with Crippen molar-refractivity contribution in [2.45, 2.75) is 6.61 Å². The van der Waals surface area contributed by atoms with Crippen LogP contribution in [-0.2, 0) is 21.4 Å². The lowest BCUT2D eigenvalue weighted by atomic mass is 10.2. The fourth-order valence-electron chi connectivity index (χ4n) is 2.94. The fourth-order valence-corrected chi connectivity index (χ4v) is 4.01. The highest BCUT2D eigenvalue weighted by molar-refractivity contribution is 7.92. The Labute approximate surface area is 203 Å². The Morgan fingerprint density at radius 3 is 2.35 bits per heavy atom. The minimum absolute atomic E-state index is 0.343. The van der Waals surface area contributed by atoms with Gasteiger partial charge in [0, 0.05) is 5.02 Å². The highest BCUT2D eigenvalue weighted by Crippen LogP contribution is 2.21. The van der Waals surface area contributed by atoms with Gasteiger partial charge in [-0.2, -0.15) is 5.10 Å². The lowest BCUT2D eigenvalue weighted by Gasteiger charge is -2.21. The average molecular weight is 502 g/mol. The Morgan fingerprint density at radius 2 is 1.74 bits per heavy atom. The van der Waals surface area contributed by atoms with E-state index in [-0.39, 0.29) is 0 Å². The van der Waals surface area contributed by atoms with Gasteiger partial charge in [-0.15, -0.1) is 0 Å². The third-order valence-corrected chi connectivity index (χ3v) is 6.00. The van der Waals surface area contributed by atoms with Crippen molar-refractivity contribution in [3.8, 4) is 11.5 Å². The summed E-state index contributed by atoms with van der Waals surface area (Å²) in [5.41, 5.74) is 4.38. The zero-order valence-electron chi connectivity index (χ0n) is 18.6. The minimum Gasteiger partial charge on any atom is -0.497 e. The van der Waals surface area contributed by atoms with Gasteiger partial charge in [0.1, 0.15) is 24.7 Å². The number of nitrogens with one attached hydrogen (secondary N) is 1. The van der Waals surface area contributed by atoms with Crippen LogP contribution in [0.3, 0.4) is 0 Å². The standard InChI is InChI=1S/C24H24ClN3O5S/c1-32-22-12-8-21(9-13-22)28(34(2,30)31)16-24(29)27-26-15-18-6-10-23(11-7-18)33-17-19-4-3-5-20(25)14-19/h3-15H,16-17H2,1-2H3,(H,27,29)/b26-15-. The predicted octanol–water partition coefficient (Wildman–Crippen LogP) is 3.84. The second kappa shape index (κ2) is 11.5. The average Bonchev–Trinajstić information content (AvgIpc) is 2.81. The molecule has 178 valence electrons. The van der Waals surface area contributed by atoms with E-state index in [1.165, 1.54) is 13.3 Å². The molecule has 0 aliphatic carbocycles. The number of sulfonamides is 1. The molecule has 0 heterocycles. The number of anilines is 1. The Hall–Kier alpha value is -3.56. The number of methoxy groups -OCH3 is 1. The molecule has 3 aromatic rings. The molecule has 0 aromatic heterocycles. The fraction of sp³-hybridized carbons (Fsp3) is 0.167. The van der Waals surface area contributed by atoms with Crippen LogP contribution in [0.2, 0.25) is 5.02 Å². The molecule has 0 atom stereocenters. The van der Waals surface area contributed by atoms with Crippen LogP contribution in [0.15, 0.2) is 77.9 Å². The monoisotopic (exact) mass is 501 g/mol. The topological polar surface area (TPSA) is 97.3 Å². The third-order valence-electron chi connectivity index (χ3n) is 4.63. The van der Waals surface area contributed by atoms with E-state index in [1.807, 2.05) is 18.2 Å². The molecule has 0 aliphatic rings.